The lowest BCUT2D eigenvalue weighted by Crippen LogP contribution is -2.02. The fourth-order valence-electron chi connectivity index (χ4n) is 1.75. The van der Waals surface area contributed by atoms with E-state index in [-0.39, 0.29) is 12.1 Å². The first-order chi connectivity index (χ1) is 10.2. The smallest absolute Gasteiger partial charge is 0.311 e. The number of halogens is 5. The molecule has 2 aromatic rings. The Labute approximate surface area is 118 Å². The zero-order valence-corrected chi connectivity index (χ0v) is 10.2. The lowest BCUT2D eigenvalue weighted by atomic mass is 10.0. The molecule has 0 saturated carbocycles. The summed E-state index contributed by atoms with van der Waals surface area (Å²) in [5, 5.41) is 28.6. The van der Waals surface area contributed by atoms with E-state index in [0.717, 1.165) is 0 Å². The van der Waals surface area contributed by atoms with Gasteiger partial charge in [0.15, 0.2) is 23.1 Å². The monoisotopic (exact) mass is 321 g/mol. The minimum absolute atomic E-state index is 0.162. The van der Waals surface area contributed by atoms with Crippen LogP contribution in [0.15, 0.2) is 12.1 Å². The van der Waals surface area contributed by atoms with Gasteiger partial charge in [0.25, 0.3) is 0 Å². The highest BCUT2D eigenvalue weighted by atomic mass is 19.2. The first kappa shape index (κ1) is 15.5. The van der Waals surface area contributed by atoms with Gasteiger partial charge in [-0.1, -0.05) is 0 Å². The average Bonchev–Trinajstić information content (AvgIpc) is 2.45. The van der Waals surface area contributed by atoms with Gasteiger partial charge < -0.3 is 10.2 Å². The number of phenols is 2. The first-order valence-corrected chi connectivity index (χ1v) is 5.39. The predicted octanol–water partition coefficient (Wildman–Crippen LogP) is 3.37. The van der Waals surface area contributed by atoms with Crippen LogP contribution in [0, 0.1) is 39.2 Å². The van der Waals surface area contributed by atoms with Crippen molar-refractivity contribution in [3.63, 3.8) is 0 Å². The standard InChI is InChI=1S/C12H4F5NO4/c13-4-2-6(19)5(18(21)22)1-3(4)7-8(14)10(16)12(20)11(17)9(7)15/h1-2,19-20H. The summed E-state index contributed by atoms with van der Waals surface area (Å²) in [5.74, 6) is -13.3. The number of rotatable bonds is 2. The third kappa shape index (κ3) is 2.18. The Morgan fingerprint density at radius 1 is 0.909 bits per heavy atom. The van der Waals surface area contributed by atoms with Crippen molar-refractivity contribution >= 4 is 5.69 Å². The SMILES string of the molecule is O=[N+]([O-])c1cc(-c2c(F)c(F)c(O)c(F)c2F)c(F)cc1O. The molecule has 22 heavy (non-hydrogen) atoms. The van der Waals surface area contributed by atoms with Crippen molar-refractivity contribution in [1.29, 1.82) is 0 Å². The van der Waals surface area contributed by atoms with E-state index in [0.29, 0.717) is 0 Å². The van der Waals surface area contributed by atoms with Crippen LogP contribution < -0.4 is 0 Å². The lowest BCUT2D eigenvalue weighted by molar-refractivity contribution is -0.385. The number of aromatic hydroxyl groups is 2. The number of benzene rings is 2. The minimum Gasteiger partial charge on any atom is -0.503 e. The summed E-state index contributed by atoms with van der Waals surface area (Å²) in [6.45, 7) is 0. The average molecular weight is 321 g/mol. The number of phenolic OH excluding ortho intramolecular Hbond substituents is 2. The molecule has 0 atom stereocenters. The molecule has 0 aliphatic heterocycles. The molecule has 0 amide bonds. The topological polar surface area (TPSA) is 83.6 Å². The van der Waals surface area contributed by atoms with Gasteiger partial charge in [-0.25, -0.2) is 13.2 Å². The van der Waals surface area contributed by atoms with E-state index in [1.54, 1.807) is 0 Å². The number of nitrogens with zero attached hydrogens (tertiary/aromatic N) is 1. The highest BCUT2D eigenvalue weighted by Crippen LogP contribution is 2.39. The van der Waals surface area contributed by atoms with Crippen molar-refractivity contribution in [3.8, 4) is 22.6 Å². The van der Waals surface area contributed by atoms with Crippen LogP contribution in [-0.2, 0) is 0 Å². The Kier molecular flexibility index (Phi) is 3.61. The summed E-state index contributed by atoms with van der Waals surface area (Å²) in [5.41, 5.74) is -3.92. The van der Waals surface area contributed by atoms with E-state index in [1.807, 2.05) is 0 Å². The summed E-state index contributed by atoms with van der Waals surface area (Å²) in [6, 6.07) is 0.372. The summed E-state index contributed by atoms with van der Waals surface area (Å²) in [4.78, 5) is 9.43. The van der Waals surface area contributed by atoms with Gasteiger partial charge in [-0.3, -0.25) is 10.1 Å². The van der Waals surface area contributed by atoms with Crippen molar-refractivity contribution in [2.75, 3.05) is 0 Å². The number of hydrogen-bond acceptors (Lipinski definition) is 4. The Morgan fingerprint density at radius 2 is 1.41 bits per heavy atom. The molecule has 0 unspecified atom stereocenters. The molecule has 0 bridgehead atoms. The summed E-state index contributed by atoms with van der Waals surface area (Å²) >= 11 is 0. The number of hydrogen-bond donors (Lipinski definition) is 2. The third-order valence-corrected chi connectivity index (χ3v) is 2.77. The molecule has 0 radical (unpaired) electrons. The molecule has 116 valence electrons. The molecule has 0 heterocycles. The molecule has 5 nitrogen and oxygen atoms in total. The molecule has 10 heteroatoms. The van der Waals surface area contributed by atoms with Crippen LogP contribution in [-0.4, -0.2) is 15.1 Å². The molecular formula is C12H4F5NO4. The van der Waals surface area contributed by atoms with Gasteiger partial charge in [-0.15, -0.1) is 0 Å². The Balaban J connectivity index is 2.89. The second-order valence-electron chi connectivity index (χ2n) is 4.06. The Morgan fingerprint density at radius 3 is 1.86 bits per heavy atom. The van der Waals surface area contributed by atoms with Crippen molar-refractivity contribution in [2.45, 2.75) is 0 Å². The third-order valence-electron chi connectivity index (χ3n) is 2.77. The lowest BCUT2D eigenvalue weighted by Gasteiger charge is -2.10. The quantitative estimate of drug-likeness (QED) is 0.384. The van der Waals surface area contributed by atoms with Gasteiger partial charge in [0.2, 0.25) is 11.6 Å². The summed E-state index contributed by atoms with van der Waals surface area (Å²) in [7, 11) is 0. The van der Waals surface area contributed by atoms with Gasteiger partial charge in [-0.05, 0) is 0 Å². The van der Waals surface area contributed by atoms with Gasteiger partial charge in [0.05, 0.1) is 10.5 Å². The molecule has 0 saturated heterocycles. The number of nitro benzene ring substituents is 1. The fourth-order valence-corrected chi connectivity index (χ4v) is 1.75. The second kappa shape index (κ2) is 5.13. The van der Waals surface area contributed by atoms with Gasteiger partial charge in [0, 0.05) is 17.7 Å². The van der Waals surface area contributed by atoms with Crippen LogP contribution >= 0.6 is 0 Å². The summed E-state index contributed by atoms with van der Waals surface area (Å²) < 4.78 is 67.5. The van der Waals surface area contributed by atoms with E-state index in [4.69, 9.17) is 10.2 Å². The van der Waals surface area contributed by atoms with Gasteiger partial charge in [0.1, 0.15) is 5.82 Å². The maximum Gasteiger partial charge on any atom is 0.311 e. The zero-order valence-electron chi connectivity index (χ0n) is 10.2. The molecule has 0 fully saturated rings. The van der Waals surface area contributed by atoms with Crippen molar-refractivity contribution < 1.29 is 37.1 Å². The van der Waals surface area contributed by atoms with Crippen molar-refractivity contribution in [2.24, 2.45) is 0 Å². The minimum atomic E-state index is -2.19. The largest absolute Gasteiger partial charge is 0.503 e. The van der Waals surface area contributed by atoms with Gasteiger partial charge >= 0.3 is 5.69 Å². The van der Waals surface area contributed by atoms with Crippen LogP contribution in [0.5, 0.6) is 11.5 Å². The van der Waals surface area contributed by atoms with E-state index < -0.39 is 62.3 Å². The molecular weight excluding hydrogens is 317 g/mol. The molecule has 2 rings (SSSR count). The Bertz CT molecular complexity index is 780. The highest BCUT2D eigenvalue weighted by Gasteiger charge is 2.29. The second-order valence-corrected chi connectivity index (χ2v) is 4.06. The van der Waals surface area contributed by atoms with E-state index in [9.17, 15) is 32.1 Å². The molecule has 2 aromatic carbocycles. The predicted molar refractivity (Wildman–Crippen MR) is 61.7 cm³/mol. The van der Waals surface area contributed by atoms with Crippen LogP contribution in [0.3, 0.4) is 0 Å². The Hall–Kier alpha value is -2.91. The summed E-state index contributed by atoms with van der Waals surface area (Å²) in [6.07, 6.45) is 0. The fraction of sp³-hybridized carbons (Fsp3) is 0. The molecule has 2 N–H and O–H groups in total. The zero-order chi connectivity index (χ0) is 16.8. The highest BCUT2D eigenvalue weighted by molar-refractivity contribution is 5.71. The molecule has 0 aromatic heterocycles. The van der Waals surface area contributed by atoms with Crippen molar-refractivity contribution in [1.82, 2.24) is 0 Å². The van der Waals surface area contributed by atoms with E-state index in [1.165, 1.54) is 0 Å². The maximum absolute atomic E-state index is 13.7. The van der Waals surface area contributed by atoms with E-state index >= 15 is 0 Å². The first-order valence-electron chi connectivity index (χ1n) is 5.39. The number of nitro groups is 1. The molecule has 0 spiro atoms. The van der Waals surface area contributed by atoms with Crippen LogP contribution in [0.4, 0.5) is 27.6 Å². The van der Waals surface area contributed by atoms with Crippen LogP contribution in [0.1, 0.15) is 0 Å². The van der Waals surface area contributed by atoms with Crippen molar-refractivity contribution in [3.05, 3.63) is 51.3 Å². The normalized spacial score (nSPS) is 10.8. The maximum atomic E-state index is 13.7. The van der Waals surface area contributed by atoms with Crippen LogP contribution in [0.25, 0.3) is 11.1 Å². The molecule has 0 aliphatic carbocycles. The molecule has 0 aliphatic rings. The van der Waals surface area contributed by atoms with Crippen LogP contribution in [0.2, 0.25) is 0 Å². The van der Waals surface area contributed by atoms with Gasteiger partial charge in [-0.2, -0.15) is 8.78 Å². The van der Waals surface area contributed by atoms with E-state index in [2.05, 4.69) is 0 Å².